The zero-order valence-corrected chi connectivity index (χ0v) is 12.0. The summed E-state index contributed by atoms with van der Waals surface area (Å²) in [5.74, 6) is -0.772. The van der Waals surface area contributed by atoms with Crippen LogP contribution in [0.4, 0.5) is 0 Å². The molecule has 0 spiro atoms. The van der Waals surface area contributed by atoms with Gasteiger partial charge < -0.3 is 15.3 Å². The molecule has 0 aliphatic carbocycles. The van der Waals surface area contributed by atoms with Crippen molar-refractivity contribution in [1.82, 2.24) is 4.57 Å². The van der Waals surface area contributed by atoms with Gasteiger partial charge in [-0.3, -0.25) is 9.36 Å². The zero-order valence-electron chi connectivity index (χ0n) is 10.4. The Morgan fingerprint density at radius 1 is 1.42 bits per heavy atom. The van der Waals surface area contributed by atoms with Crippen LogP contribution >= 0.6 is 23.6 Å². The van der Waals surface area contributed by atoms with Crippen molar-refractivity contribution < 1.29 is 20.1 Å². The molecule has 19 heavy (non-hydrogen) atoms. The molecule has 0 saturated heterocycles. The number of unbranched alkanes of at least 4 members (excludes halogenated alkanes) is 1. The maximum atomic E-state index is 10.4. The maximum Gasteiger partial charge on any atom is 0.303 e. The van der Waals surface area contributed by atoms with Crippen molar-refractivity contribution >= 4 is 35.6 Å². The fourth-order valence-electron chi connectivity index (χ4n) is 1.51. The molecule has 106 valence electrons. The Balaban J connectivity index is 2.68. The highest BCUT2D eigenvalue weighted by Gasteiger charge is 2.09. The lowest BCUT2D eigenvalue weighted by Crippen LogP contribution is -2.01. The third-order valence-electron chi connectivity index (χ3n) is 2.46. The molecule has 1 aromatic heterocycles. The molecule has 5 nitrogen and oxygen atoms in total. The third-order valence-corrected chi connectivity index (χ3v) is 3.87. The molecule has 1 aromatic rings. The Morgan fingerprint density at radius 2 is 2.16 bits per heavy atom. The maximum absolute atomic E-state index is 10.4. The third kappa shape index (κ3) is 5.14. The van der Waals surface area contributed by atoms with E-state index in [1.54, 1.807) is 10.6 Å². The number of hydrogen-bond acceptors (Lipinski definition) is 5. The van der Waals surface area contributed by atoms with E-state index < -0.39 is 5.97 Å². The molecule has 0 aromatic carbocycles. The highest BCUT2D eigenvalue weighted by Crippen LogP contribution is 2.27. The first kappa shape index (κ1) is 15.9. The van der Waals surface area contributed by atoms with Gasteiger partial charge >= 0.3 is 5.97 Å². The molecular weight excluding hydrogens is 286 g/mol. The van der Waals surface area contributed by atoms with E-state index >= 15 is 0 Å². The number of rotatable bonds is 8. The molecule has 3 N–H and O–H groups in total. The Morgan fingerprint density at radius 3 is 2.79 bits per heavy atom. The first-order chi connectivity index (χ1) is 9.06. The van der Waals surface area contributed by atoms with Gasteiger partial charge in [-0.15, -0.1) is 11.3 Å². The Hall–Kier alpha value is -1.18. The summed E-state index contributed by atoms with van der Waals surface area (Å²) < 4.78 is 2.08. The number of aromatic hydroxyl groups is 1. The molecule has 0 bridgehead atoms. The molecule has 0 aliphatic heterocycles. The number of carbonyl (C=O) groups is 1. The fourth-order valence-corrected chi connectivity index (χ4v) is 2.80. The largest absolute Gasteiger partial charge is 0.493 e. The predicted octanol–water partition coefficient (Wildman–Crippen LogP) is 2.64. The summed E-state index contributed by atoms with van der Waals surface area (Å²) in [4.78, 5) is 11.1. The van der Waals surface area contributed by atoms with Crippen LogP contribution in [-0.4, -0.2) is 32.5 Å². The summed E-state index contributed by atoms with van der Waals surface area (Å²) in [5.41, 5.74) is 0. The number of allylic oxidation sites excluding steroid dienone is 1. The van der Waals surface area contributed by atoms with Crippen molar-refractivity contribution in [3.63, 3.8) is 0 Å². The van der Waals surface area contributed by atoms with Gasteiger partial charge in [0.05, 0.1) is 4.88 Å². The molecule has 1 heterocycles. The Bertz CT molecular complexity index is 504. The summed E-state index contributed by atoms with van der Waals surface area (Å²) >= 11 is 6.43. The molecule has 0 radical (unpaired) electrons. The predicted molar refractivity (Wildman–Crippen MR) is 77.0 cm³/mol. The molecule has 7 heteroatoms. The molecular formula is C12H17NO4S2. The van der Waals surface area contributed by atoms with Crippen LogP contribution in [0.5, 0.6) is 5.88 Å². The first-order valence-electron chi connectivity index (χ1n) is 5.98. The number of aliphatic hydroxyl groups excluding tert-OH is 1. The first-order valence-corrected chi connectivity index (χ1v) is 7.20. The van der Waals surface area contributed by atoms with E-state index in [4.69, 9.17) is 22.4 Å². The van der Waals surface area contributed by atoms with Gasteiger partial charge in [-0.05, 0) is 37.6 Å². The lowest BCUT2D eigenvalue weighted by molar-refractivity contribution is -0.137. The normalized spacial score (nSPS) is 11.2. The Kier molecular flexibility index (Phi) is 6.75. The van der Waals surface area contributed by atoms with Crippen molar-refractivity contribution in [2.24, 2.45) is 0 Å². The number of hydrogen-bond donors (Lipinski definition) is 3. The number of aliphatic carboxylic acids is 1. The fraction of sp³-hybridized carbons (Fsp3) is 0.500. The lowest BCUT2D eigenvalue weighted by Gasteiger charge is -2.02. The number of aliphatic hydroxyl groups is 1. The van der Waals surface area contributed by atoms with Gasteiger partial charge in [-0.25, -0.2) is 0 Å². The second-order valence-electron chi connectivity index (χ2n) is 3.97. The van der Waals surface area contributed by atoms with Crippen molar-refractivity contribution in [2.75, 3.05) is 6.61 Å². The number of carboxylic acid groups (broad SMARTS) is 1. The summed E-state index contributed by atoms with van der Waals surface area (Å²) in [6.07, 6.45) is 5.55. The van der Waals surface area contributed by atoms with E-state index in [0.717, 1.165) is 6.42 Å². The molecule has 0 amide bonds. The SMILES string of the molecule is O=C(O)CCCn1c(O)c(C=CCCCO)sc1=S. The van der Waals surface area contributed by atoms with Crippen LogP contribution in [0.2, 0.25) is 0 Å². The van der Waals surface area contributed by atoms with E-state index in [2.05, 4.69) is 0 Å². The van der Waals surface area contributed by atoms with Crippen molar-refractivity contribution in [3.8, 4) is 5.88 Å². The number of aromatic nitrogens is 1. The van der Waals surface area contributed by atoms with Crippen LogP contribution < -0.4 is 0 Å². The summed E-state index contributed by atoms with van der Waals surface area (Å²) in [6, 6.07) is 0. The second kappa shape index (κ2) is 8.08. The minimum absolute atomic E-state index is 0.0543. The van der Waals surface area contributed by atoms with E-state index in [1.807, 2.05) is 6.08 Å². The van der Waals surface area contributed by atoms with Gasteiger partial charge in [0.2, 0.25) is 5.88 Å². The summed E-state index contributed by atoms with van der Waals surface area (Å²) in [7, 11) is 0. The summed E-state index contributed by atoms with van der Waals surface area (Å²) in [6.45, 7) is 0.542. The smallest absolute Gasteiger partial charge is 0.303 e. The van der Waals surface area contributed by atoms with Gasteiger partial charge in [-0.2, -0.15) is 0 Å². The topological polar surface area (TPSA) is 82.7 Å². The minimum Gasteiger partial charge on any atom is -0.493 e. The second-order valence-corrected chi connectivity index (χ2v) is 5.65. The van der Waals surface area contributed by atoms with E-state index in [9.17, 15) is 9.90 Å². The quantitative estimate of drug-likeness (QED) is 0.508. The standard InChI is InChI=1S/C12H17NO4S2/c14-8-3-1-2-5-9-11(17)13(12(18)19-9)7-4-6-10(15)16/h2,5,14,17H,1,3-4,6-8H2,(H,15,16). The van der Waals surface area contributed by atoms with Crippen molar-refractivity contribution in [1.29, 1.82) is 0 Å². The number of thiazole rings is 1. The van der Waals surface area contributed by atoms with E-state index in [1.165, 1.54) is 11.3 Å². The van der Waals surface area contributed by atoms with E-state index in [0.29, 0.717) is 28.2 Å². The van der Waals surface area contributed by atoms with Gasteiger partial charge in [0.25, 0.3) is 0 Å². The lowest BCUT2D eigenvalue weighted by atomic mass is 10.3. The molecule has 1 rings (SSSR count). The van der Waals surface area contributed by atoms with Gasteiger partial charge in [-0.1, -0.05) is 6.08 Å². The monoisotopic (exact) mass is 303 g/mol. The van der Waals surface area contributed by atoms with Crippen LogP contribution in [0, 0.1) is 3.95 Å². The zero-order chi connectivity index (χ0) is 14.3. The van der Waals surface area contributed by atoms with Crippen LogP contribution in [0.25, 0.3) is 6.08 Å². The minimum atomic E-state index is -0.856. The molecule has 0 aliphatic rings. The van der Waals surface area contributed by atoms with Gasteiger partial charge in [0, 0.05) is 19.6 Å². The van der Waals surface area contributed by atoms with Crippen molar-refractivity contribution in [2.45, 2.75) is 32.2 Å². The van der Waals surface area contributed by atoms with Gasteiger partial charge in [0.15, 0.2) is 3.95 Å². The van der Waals surface area contributed by atoms with Gasteiger partial charge in [0.1, 0.15) is 0 Å². The van der Waals surface area contributed by atoms with E-state index in [-0.39, 0.29) is 18.9 Å². The average Bonchev–Trinajstić information content (AvgIpc) is 2.62. The molecule has 0 fully saturated rings. The average molecular weight is 303 g/mol. The molecule has 0 saturated carbocycles. The Labute approximate surface area is 120 Å². The summed E-state index contributed by atoms with van der Waals surface area (Å²) in [5, 5.41) is 27.2. The van der Waals surface area contributed by atoms with Crippen LogP contribution in [0.1, 0.15) is 30.6 Å². The number of nitrogens with zero attached hydrogens (tertiary/aromatic N) is 1. The highest BCUT2D eigenvalue weighted by atomic mass is 32.1. The van der Waals surface area contributed by atoms with Crippen LogP contribution in [-0.2, 0) is 11.3 Å². The highest BCUT2D eigenvalue weighted by molar-refractivity contribution is 7.73. The van der Waals surface area contributed by atoms with Crippen LogP contribution in [0.3, 0.4) is 0 Å². The molecule has 0 atom stereocenters. The van der Waals surface area contributed by atoms with Crippen molar-refractivity contribution in [3.05, 3.63) is 14.9 Å². The molecule has 0 unspecified atom stereocenters. The number of carboxylic acids is 1. The van der Waals surface area contributed by atoms with Crippen LogP contribution in [0.15, 0.2) is 6.08 Å².